The van der Waals surface area contributed by atoms with Crippen molar-refractivity contribution in [3.05, 3.63) is 70.7 Å². The number of thiazole rings is 1. The number of carbonyl (C=O) groups excluding carboxylic acids is 2. The van der Waals surface area contributed by atoms with Crippen LogP contribution in [0.1, 0.15) is 42.0 Å². The van der Waals surface area contributed by atoms with E-state index in [4.69, 9.17) is 4.74 Å². The molecule has 0 atom stereocenters. The van der Waals surface area contributed by atoms with Crippen LogP contribution >= 0.6 is 11.3 Å². The zero-order chi connectivity index (χ0) is 24.6. The summed E-state index contributed by atoms with van der Waals surface area (Å²) in [7, 11) is 1.53. The number of anilines is 1. The molecule has 0 bridgehead atoms. The first-order valence-electron chi connectivity index (χ1n) is 11.5. The van der Waals surface area contributed by atoms with Crippen molar-refractivity contribution in [3.63, 3.8) is 0 Å². The van der Waals surface area contributed by atoms with E-state index in [2.05, 4.69) is 34.6 Å². The Hall–Kier alpha value is -3.72. The maximum absolute atomic E-state index is 12.7. The molecule has 0 radical (unpaired) electrons. The number of carbonyl (C=O) groups is 3. The van der Waals surface area contributed by atoms with Crippen molar-refractivity contribution in [1.29, 1.82) is 0 Å². The topological polar surface area (TPSA) is 109 Å². The summed E-state index contributed by atoms with van der Waals surface area (Å²) in [4.78, 5) is 42.4. The predicted octanol–water partition coefficient (Wildman–Crippen LogP) is 4.51. The third-order valence-electron chi connectivity index (χ3n) is 7.03. The Labute approximate surface area is 206 Å². The van der Waals surface area contributed by atoms with E-state index in [1.165, 1.54) is 23.3 Å². The molecule has 0 aliphatic heterocycles. The summed E-state index contributed by atoms with van der Waals surface area (Å²) in [6.45, 7) is 0.193. The van der Waals surface area contributed by atoms with Crippen LogP contribution in [0.3, 0.4) is 0 Å². The maximum Gasteiger partial charge on any atom is 0.413 e. The van der Waals surface area contributed by atoms with E-state index in [1.807, 2.05) is 24.3 Å². The molecule has 8 nitrogen and oxygen atoms in total. The van der Waals surface area contributed by atoms with Gasteiger partial charge >= 0.3 is 12.1 Å². The molecule has 9 heteroatoms. The lowest BCUT2D eigenvalue weighted by Crippen LogP contribution is -2.60. The van der Waals surface area contributed by atoms with Crippen LogP contribution in [0.15, 0.2) is 53.9 Å². The fraction of sp³-hybridized carbons (Fsp3) is 0.308. The van der Waals surface area contributed by atoms with Gasteiger partial charge in [0.25, 0.3) is 0 Å². The van der Waals surface area contributed by atoms with Gasteiger partial charge in [0.2, 0.25) is 5.91 Å². The third kappa shape index (κ3) is 4.16. The molecule has 1 saturated carbocycles. The van der Waals surface area contributed by atoms with Gasteiger partial charge in [-0.25, -0.2) is 14.6 Å². The smallest absolute Gasteiger partial charge is 0.413 e. The Kier molecular flexibility index (Phi) is 6.02. The second kappa shape index (κ2) is 9.14. The Morgan fingerprint density at radius 1 is 1.11 bits per heavy atom. The van der Waals surface area contributed by atoms with Gasteiger partial charge in [0.05, 0.1) is 12.1 Å². The molecule has 0 unspecified atom stereocenters. The largest absolute Gasteiger partial charge is 0.479 e. The molecule has 1 heterocycles. The van der Waals surface area contributed by atoms with Crippen LogP contribution in [0.2, 0.25) is 0 Å². The molecule has 5 rings (SSSR count). The average molecular weight is 492 g/mol. The summed E-state index contributed by atoms with van der Waals surface area (Å²) in [6, 6.07) is 16.2. The number of nitrogens with zero attached hydrogens (tertiary/aromatic N) is 2. The highest BCUT2D eigenvalue weighted by atomic mass is 32.1. The number of nitrogens with one attached hydrogen (secondary N) is 1. The average Bonchev–Trinajstić information content (AvgIpc) is 3.38. The molecule has 1 fully saturated rings. The summed E-state index contributed by atoms with van der Waals surface area (Å²) >= 11 is 1.19. The Balaban J connectivity index is 1.18. The first-order chi connectivity index (χ1) is 16.9. The number of amides is 2. The third-order valence-corrected chi connectivity index (χ3v) is 7.84. The summed E-state index contributed by atoms with van der Waals surface area (Å²) in [5.74, 6) is -1.33. The number of fused-ring (bicyclic) bond motifs is 3. The Bertz CT molecular complexity index is 1250. The van der Waals surface area contributed by atoms with Gasteiger partial charge in [-0.2, -0.15) is 0 Å². The minimum Gasteiger partial charge on any atom is -0.479 e. The summed E-state index contributed by atoms with van der Waals surface area (Å²) in [5.41, 5.74) is 3.93. The van der Waals surface area contributed by atoms with Crippen molar-refractivity contribution in [2.75, 3.05) is 19.0 Å². The first-order valence-corrected chi connectivity index (χ1v) is 12.3. The molecule has 2 aliphatic carbocycles. The molecule has 2 aliphatic rings. The fourth-order valence-corrected chi connectivity index (χ4v) is 5.58. The number of likely N-dealkylation sites (N-methyl/N-ethyl adjacent to an activating group) is 1. The molecular weight excluding hydrogens is 466 g/mol. The van der Waals surface area contributed by atoms with Crippen molar-refractivity contribution >= 4 is 34.4 Å². The van der Waals surface area contributed by atoms with Crippen molar-refractivity contribution in [2.24, 2.45) is 0 Å². The normalized spacial score (nSPS) is 15.5. The highest BCUT2D eigenvalue weighted by Crippen LogP contribution is 2.44. The van der Waals surface area contributed by atoms with E-state index < -0.39 is 17.6 Å². The number of hydrogen-bond acceptors (Lipinski definition) is 6. The Morgan fingerprint density at radius 3 is 2.31 bits per heavy atom. The number of aromatic nitrogens is 1. The zero-order valence-electron chi connectivity index (χ0n) is 19.2. The monoisotopic (exact) mass is 491 g/mol. The molecule has 3 aromatic rings. The number of ether oxygens (including phenoxy) is 1. The number of aliphatic carboxylic acids is 1. The second-order valence-electron chi connectivity index (χ2n) is 8.91. The van der Waals surface area contributed by atoms with E-state index >= 15 is 0 Å². The van der Waals surface area contributed by atoms with E-state index in [-0.39, 0.29) is 24.9 Å². The van der Waals surface area contributed by atoms with Gasteiger partial charge in [-0.15, -0.1) is 11.3 Å². The van der Waals surface area contributed by atoms with Gasteiger partial charge in [-0.05, 0) is 41.5 Å². The van der Waals surface area contributed by atoms with Gasteiger partial charge < -0.3 is 14.7 Å². The van der Waals surface area contributed by atoms with Crippen LogP contribution in [0.25, 0.3) is 11.1 Å². The van der Waals surface area contributed by atoms with E-state index in [1.54, 1.807) is 5.38 Å². The van der Waals surface area contributed by atoms with Crippen molar-refractivity contribution in [2.45, 2.75) is 37.1 Å². The fourth-order valence-electron chi connectivity index (χ4n) is 4.88. The molecular formula is C26H25N3O5S. The Morgan fingerprint density at radius 2 is 1.74 bits per heavy atom. The lowest BCUT2D eigenvalue weighted by atomic mass is 9.75. The molecule has 1 aromatic heterocycles. The standard InChI is InChI=1S/C26H25N3O5S/c1-29(26(23(31)32)11-6-12-26)22(30)13-16-15-35-24(27-16)28-25(33)34-14-21-19-9-4-2-7-17(19)18-8-3-5-10-20(18)21/h2-5,7-10,15,21H,6,11-14H2,1H3,(H,31,32)(H,27,28,33). The highest BCUT2D eigenvalue weighted by Gasteiger charge is 2.49. The minimum atomic E-state index is -1.12. The maximum atomic E-state index is 12.7. The van der Waals surface area contributed by atoms with Crippen LogP contribution in [0.5, 0.6) is 0 Å². The summed E-state index contributed by atoms with van der Waals surface area (Å²) in [6.07, 6.45) is 1.05. The number of carboxylic acid groups (broad SMARTS) is 1. The van der Waals surface area contributed by atoms with Crippen LogP contribution in [-0.4, -0.2) is 52.2 Å². The first kappa shape index (κ1) is 23.0. The number of rotatable bonds is 7. The molecule has 2 N–H and O–H groups in total. The van der Waals surface area contributed by atoms with Crippen molar-refractivity contribution in [3.8, 4) is 11.1 Å². The van der Waals surface area contributed by atoms with Crippen molar-refractivity contribution in [1.82, 2.24) is 9.88 Å². The molecule has 0 spiro atoms. The quantitative estimate of drug-likeness (QED) is 0.503. The molecule has 2 aromatic carbocycles. The van der Waals surface area contributed by atoms with Crippen LogP contribution in [-0.2, 0) is 20.7 Å². The molecule has 35 heavy (non-hydrogen) atoms. The van der Waals surface area contributed by atoms with Gasteiger partial charge in [-0.3, -0.25) is 10.1 Å². The van der Waals surface area contributed by atoms with Crippen LogP contribution in [0.4, 0.5) is 9.93 Å². The minimum absolute atomic E-state index is 0.0333. The van der Waals surface area contributed by atoms with Crippen molar-refractivity contribution < 1.29 is 24.2 Å². The lowest BCUT2D eigenvalue weighted by Gasteiger charge is -2.44. The second-order valence-corrected chi connectivity index (χ2v) is 9.77. The number of carboxylic acids is 1. The van der Waals surface area contributed by atoms with Crippen LogP contribution < -0.4 is 5.32 Å². The summed E-state index contributed by atoms with van der Waals surface area (Å²) in [5, 5.41) is 14.2. The molecule has 180 valence electrons. The SMILES string of the molecule is CN(C(=O)Cc1csc(NC(=O)OCC2c3ccccc3-c3ccccc32)n1)C1(C(=O)O)CCC1. The number of hydrogen-bond donors (Lipinski definition) is 2. The van der Waals surface area contributed by atoms with E-state index in [9.17, 15) is 19.5 Å². The predicted molar refractivity (Wildman–Crippen MR) is 131 cm³/mol. The van der Waals surface area contributed by atoms with Gasteiger partial charge in [0, 0.05) is 18.3 Å². The summed E-state index contributed by atoms with van der Waals surface area (Å²) < 4.78 is 5.54. The molecule has 2 amide bonds. The zero-order valence-corrected chi connectivity index (χ0v) is 20.0. The van der Waals surface area contributed by atoms with E-state index in [0.29, 0.717) is 23.7 Å². The number of benzene rings is 2. The van der Waals surface area contributed by atoms with Crippen LogP contribution in [0, 0.1) is 0 Å². The van der Waals surface area contributed by atoms with E-state index in [0.717, 1.165) is 28.7 Å². The lowest BCUT2D eigenvalue weighted by molar-refractivity contribution is -0.164. The molecule has 0 saturated heterocycles. The van der Waals surface area contributed by atoms with Gasteiger partial charge in [-0.1, -0.05) is 48.5 Å². The van der Waals surface area contributed by atoms with Gasteiger partial charge in [0.1, 0.15) is 12.1 Å². The van der Waals surface area contributed by atoms with Gasteiger partial charge in [0.15, 0.2) is 5.13 Å². The highest BCUT2D eigenvalue weighted by molar-refractivity contribution is 7.13.